The lowest BCUT2D eigenvalue weighted by Crippen LogP contribution is -2.54. The quantitative estimate of drug-likeness (QED) is 0.820. The summed E-state index contributed by atoms with van der Waals surface area (Å²) in [6.45, 7) is 2.15. The number of nitrogens with zero attached hydrogens (tertiary/aromatic N) is 1. The maximum absolute atomic E-state index is 11.1. The van der Waals surface area contributed by atoms with Gasteiger partial charge in [0.1, 0.15) is 0 Å². The molecule has 1 N–H and O–H groups in total. The van der Waals surface area contributed by atoms with Gasteiger partial charge >= 0.3 is 0 Å². The minimum atomic E-state index is -0.872. The van der Waals surface area contributed by atoms with Crippen LogP contribution < -0.4 is 4.57 Å². The maximum Gasteiger partial charge on any atom is 0.298 e. The van der Waals surface area contributed by atoms with Crippen molar-refractivity contribution in [1.82, 2.24) is 0 Å². The molecule has 0 radical (unpaired) electrons. The van der Waals surface area contributed by atoms with Crippen LogP contribution in [0, 0.1) is 0 Å². The van der Waals surface area contributed by atoms with Gasteiger partial charge in [-0.25, -0.2) is 0 Å². The van der Waals surface area contributed by atoms with Crippen LogP contribution in [0.4, 0.5) is 0 Å². The molecule has 2 heteroatoms. The number of aromatic nitrogens is 1. The molecule has 0 aliphatic carbocycles. The van der Waals surface area contributed by atoms with Crippen LogP contribution in [0.15, 0.2) is 48.7 Å². The van der Waals surface area contributed by atoms with Gasteiger partial charge in [0.25, 0.3) is 5.72 Å². The normalized spacial score (nSPS) is 20.6. The van der Waals surface area contributed by atoms with E-state index in [1.807, 2.05) is 41.1 Å². The largest absolute Gasteiger partial charge is 0.330 e. The Balaban J connectivity index is 2.20. The number of aliphatic hydroxyl groups is 1. The fraction of sp³-hybridized carbons (Fsp3) is 0.312. The average Bonchev–Trinajstić information content (AvgIpc) is 2.69. The van der Waals surface area contributed by atoms with Crippen molar-refractivity contribution in [2.75, 3.05) is 0 Å². The summed E-state index contributed by atoms with van der Waals surface area (Å²) >= 11 is 0. The molecule has 2 nitrogen and oxygen atoms in total. The SMILES string of the molecule is CCCCC1(O)c2ccccc2-c2cccc[n+]21. The van der Waals surface area contributed by atoms with E-state index < -0.39 is 5.72 Å². The average molecular weight is 240 g/mol. The predicted octanol–water partition coefficient (Wildman–Crippen LogP) is 2.84. The zero-order valence-corrected chi connectivity index (χ0v) is 10.6. The Morgan fingerprint density at radius 3 is 2.72 bits per heavy atom. The van der Waals surface area contributed by atoms with Gasteiger partial charge in [0, 0.05) is 18.6 Å². The predicted molar refractivity (Wildman–Crippen MR) is 70.9 cm³/mol. The molecular formula is C16H18NO+. The van der Waals surface area contributed by atoms with Gasteiger partial charge in [-0.15, -0.1) is 0 Å². The van der Waals surface area contributed by atoms with Crippen LogP contribution in [0.2, 0.25) is 0 Å². The van der Waals surface area contributed by atoms with Crippen molar-refractivity contribution in [2.24, 2.45) is 0 Å². The Morgan fingerprint density at radius 1 is 1.11 bits per heavy atom. The molecule has 1 aromatic heterocycles. The van der Waals surface area contributed by atoms with Gasteiger partial charge in [-0.05, 0) is 24.6 Å². The minimum Gasteiger partial charge on any atom is -0.330 e. The Bertz CT molecular complexity index is 531. The monoisotopic (exact) mass is 240 g/mol. The summed E-state index contributed by atoms with van der Waals surface area (Å²) in [5, 5.41) is 11.1. The first-order valence-electron chi connectivity index (χ1n) is 6.61. The molecule has 2 aromatic rings. The van der Waals surface area contributed by atoms with Gasteiger partial charge in [-0.1, -0.05) is 25.5 Å². The van der Waals surface area contributed by atoms with Gasteiger partial charge in [0.2, 0.25) is 5.69 Å². The first kappa shape index (κ1) is 11.4. The van der Waals surface area contributed by atoms with Crippen molar-refractivity contribution in [2.45, 2.75) is 31.9 Å². The summed E-state index contributed by atoms with van der Waals surface area (Å²) in [5.74, 6) is 0. The second-order valence-corrected chi connectivity index (χ2v) is 4.92. The zero-order chi connectivity index (χ0) is 12.6. The van der Waals surface area contributed by atoms with Crippen LogP contribution in [0.25, 0.3) is 11.3 Å². The van der Waals surface area contributed by atoms with Crippen LogP contribution in [-0.2, 0) is 5.72 Å². The lowest BCUT2D eigenvalue weighted by atomic mass is 9.95. The van der Waals surface area contributed by atoms with E-state index >= 15 is 0 Å². The Kier molecular flexibility index (Phi) is 2.67. The fourth-order valence-corrected chi connectivity index (χ4v) is 2.85. The number of rotatable bonds is 3. The molecule has 0 fully saturated rings. The van der Waals surface area contributed by atoms with E-state index in [1.165, 1.54) is 0 Å². The van der Waals surface area contributed by atoms with Crippen molar-refractivity contribution in [1.29, 1.82) is 0 Å². The topological polar surface area (TPSA) is 24.1 Å². The van der Waals surface area contributed by atoms with E-state index in [-0.39, 0.29) is 0 Å². The summed E-state index contributed by atoms with van der Waals surface area (Å²) in [5.41, 5.74) is 2.41. The Hall–Kier alpha value is -1.67. The molecule has 1 unspecified atom stereocenters. The number of unbranched alkanes of at least 4 members (excludes halogenated alkanes) is 1. The third-order valence-electron chi connectivity index (χ3n) is 3.77. The van der Waals surface area contributed by atoms with E-state index in [0.717, 1.165) is 36.1 Å². The number of benzene rings is 1. The van der Waals surface area contributed by atoms with Crippen molar-refractivity contribution in [3.05, 3.63) is 54.2 Å². The molecule has 0 saturated heterocycles. The summed E-state index contributed by atoms with van der Waals surface area (Å²) < 4.78 is 2.01. The highest BCUT2D eigenvalue weighted by Gasteiger charge is 2.48. The molecule has 1 atom stereocenters. The number of hydrogen-bond acceptors (Lipinski definition) is 1. The zero-order valence-electron chi connectivity index (χ0n) is 10.6. The molecule has 3 rings (SSSR count). The molecule has 92 valence electrons. The van der Waals surface area contributed by atoms with Gasteiger partial charge in [0.05, 0.1) is 11.1 Å². The maximum atomic E-state index is 11.1. The van der Waals surface area contributed by atoms with E-state index in [2.05, 4.69) is 19.1 Å². The molecular weight excluding hydrogens is 222 g/mol. The minimum absolute atomic E-state index is 0.766. The Labute approximate surface area is 108 Å². The van der Waals surface area contributed by atoms with Gasteiger partial charge in [-0.2, -0.15) is 4.57 Å². The van der Waals surface area contributed by atoms with Crippen LogP contribution in [0.5, 0.6) is 0 Å². The first-order valence-corrected chi connectivity index (χ1v) is 6.61. The van der Waals surface area contributed by atoms with Crippen molar-refractivity contribution >= 4 is 0 Å². The van der Waals surface area contributed by atoms with E-state index in [9.17, 15) is 5.11 Å². The Morgan fingerprint density at radius 2 is 1.89 bits per heavy atom. The summed E-state index contributed by atoms with van der Waals surface area (Å²) in [6, 6.07) is 14.2. The first-order chi connectivity index (χ1) is 8.77. The van der Waals surface area contributed by atoms with E-state index in [0.29, 0.717) is 0 Å². The molecule has 0 bridgehead atoms. The smallest absolute Gasteiger partial charge is 0.298 e. The summed E-state index contributed by atoms with van der Waals surface area (Å²) in [7, 11) is 0. The van der Waals surface area contributed by atoms with Crippen molar-refractivity contribution in [3.63, 3.8) is 0 Å². The third kappa shape index (κ3) is 1.49. The fourth-order valence-electron chi connectivity index (χ4n) is 2.85. The number of hydrogen-bond donors (Lipinski definition) is 1. The standard InChI is InChI=1S/C16H18NO/c1-2-3-11-16(18)14-9-5-4-8-13(14)15-10-6-7-12-17(15)16/h4-10,12,18H,2-3,11H2,1H3/q+1. The summed E-state index contributed by atoms with van der Waals surface area (Å²) in [4.78, 5) is 0. The van der Waals surface area contributed by atoms with Crippen molar-refractivity contribution < 1.29 is 9.67 Å². The van der Waals surface area contributed by atoms with E-state index in [1.54, 1.807) is 0 Å². The van der Waals surface area contributed by atoms with Gasteiger partial charge in [-0.3, -0.25) is 0 Å². The molecule has 18 heavy (non-hydrogen) atoms. The highest BCUT2D eigenvalue weighted by molar-refractivity contribution is 5.64. The van der Waals surface area contributed by atoms with Crippen LogP contribution in [-0.4, -0.2) is 5.11 Å². The number of fused-ring (bicyclic) bond motifs is 3. The molecule has 0 spiro atoms. The lowest BCUT2D eigenvalue weighted by molar-refractivity contribution is -0.781. The molecule has 1 aliphatic rings. The van der Waals surface area contributed by atoms with E-state index in [4.69, 9.17) is 0 Å². The highest BCUT2D eigenvalue weighted by atomic mass is 16.3. The van der Waals surface area contributed by atoms with Gasteiger partial charge in [0.15, 0.2) is 6.20 Å². The molecule has 0 saturated carbocycles. The molecule has 2 heterocycles. The van der Waals surface area contributed by atoms with Crippen molar-refractivity contribution in [3.8, 4) is 11.3 Å². The second-order valence-electron chi connectivity index (χ2n) is 4.92. The van der Waals surface area contributed by atoms with Crippen LogP contribution in [0.1, 0.15) is 31.7 Å². The summed E-state index contributed by atoms with van der Waals surface area (Å²) in [6.07, 6.45) is 4.85. The van der Waals surface area contributed by atoms with Gasteiger partial charge < -0.3 is 5.11 Å². The molecule has 0 amide bonds. The second kappa shape index (κ2) is 4.21. The molecule has 1 aliphatic heterocycles. The molecule has 1 aromatic carbocycles. The lowest BCUT2D eigenvalue weighted by Gasteiger charge is -2.18. The number of pyridine rings is 1. The van der Waals surface area contributed by atoms with Crippen LogP contribution >= 0.6 is 0 Å². The van der Waals surface area contributed by atoms with Crippen LogP contribution in [0.3, 0.4) is 0 Å². The third-order valence-corrected chi connectivity index (χ3v) is 3.77. The highest BCUT2D eigenvalue weighted by Crippen LogP contribution is 2.38.